The van der Waals surface area contributed by atoms with Gasteiger partial charge in [-0.05, 0) is 37.4 Å². The second-order valence-electron chi connectivity index (χ2n) is 5.02. The Morgan fingerprint density at radius 2 is 2.32 bits per heavy atom. The molecule has 1 aliphatic rings. The molecule has 0 aromatic heterocycles. The van der Waals surface area contributed by atoms with Crippen LogP contribution < -0.4 is 0 Å². The fourth-order valence-electron chi connectivity index (χ4n) is 2.53. The average molecular weight is 286 g/mol. The first-order valence-electron chi connectivity index (χ1n) is 6.43. The van der Waals surface area contributed by atoms with Crippen molar-refractivity contribution in [2.45, 2.75) is 25.8 Å². The van der Waals surface area contributed by atoms with Crippen LogP contribution in [-0.2, 0) is 11.3 Å². The molecule has 1 aliphatic heterocycles. The molecule has 1 aromatic carbocycles. The lowest BCUT2D eigenvalue weighted by Gasteiger charge is -2.17. The Hall–Kier alpha value is -1.13. The van der Waals surface area contributed by atoms with Crippen molar-refractivity contribution in [2.24, 2.45) is 5.92 Å². The Morgan fingerprint density at radius 3 is 3.00 bits per heavy atom. The molecule has 5 heteroatoms. The number of carboxylic acids is 1. The van der Waals surface area contributed by atoms with E-state index >= 15 is 0 Å². The van der Waals surface area contributed by atoms with Crippen molar-refractivity contribution < 1.29 is 14.3 Å². The molecule has 0 spiro atoms. The number of carbonyl (C=O) groups is 1. The van der Waals surface area contributed by atoms with E-state index in [2.05, 4.69) is 4.90 Å². The summed E-state index contributed by atoms with van der Waals surface area (Å²) < 4.78 is 13.7. The van der Waals surface area contributed by atoms with E-state index in [1.54, 1.807) is 12.1 Å². The van der Waals surface area contributed by atoms with E-state index in [4.69, 9.17) is 16.7 Å². The highest BCUT2D eigenvalue weighted by atomic mass is 35.5. The summed E-state index contributed by atoms with van der Waals surface area (Å²) in [5.41, 5.74) is 0.531. The van der Waals surface area contributed by atoms with E-state index in [9.17, 15) is 9.18 Å². The second-order valence-corrected chi connectivity index (χ2v) is 5.43. The summed E-state index contributed by atoms with van der Waals surface area (Å²) in [5.74, 6) is -0.640. The summed E-state index contributed by atoms with van der Waals surface area (Å²) in [6.45, 7) is 2.18. The first-order chi connectivity index (χ1) is 9.06. The SMILES string of the molecule is O=C(O)CCC1CCN(Cc2c(F)cccc2Cl)C1. The van der Waals surface area contributed by atoms with Gasteiger partial charge in [0.25, 0.3) is 0 Å². The van der Waals surface area contributed by atoms with Gasteiger partial charge in [-0.3, -0.25) is 9.69 Å². The van der Waals surface area contributed by atoms with Gasteiger partial charge in [0.2, 0.25) is 0 Å². The number of hydrogen-bond donors (Lipinski definition) is 1. The van der Waals surface area contributed by atoms with Crippen molar-refractivity contribution in [3.63, 3.8) is 0 Å². The van der Waals surface area contributed by atoms with E-state index in [1.165, 1.54) is 6.07 Å². The second kappa shape index (κ2) is 6.35. The molecule has 1 saturated heterocycles. The van der Waals surface area contributed by atoms with Gasteiger partial charge in [-0.15, -0.1) is 0 Å². The van der Waals surface area contributed by atoms with Crippen LogP contribution in [-0.4, -0.2) is 29.1 Å². The number of benzene rings is 1. The predicted octanol–water partition coefficient (Wildman–Crippen LogP) is 3.17. The Labute approximate surface area is 117 Å². The molecule has 19 heavy (non-hydrogen) atoms. The summed E-state index contributed by atoms with van der Waals surface area (Å²) in [4.78, 5) is 12.7. The third-order valence-electron chi connectivity index (χ3n) is 3.58. The van der Waals surface area contributed by atoms with Crippen molar-refractivity contribution in [3.8, 4) is 0 Å². The maximum absolute atomic E-state index is 13.7. The van der Waals surface area contributed by atoms with Crippen LogP contribution in [0.15, 0.2) is 18.2 Å². The largest absolute Gasteiger partial charge is 0.481 e. The van der Waals surface area contributed by atoms with Gasteiger partial charge < -0.3 is 5.11 Å². The smallest absolute Gasteiger partial charge is 0.303 e. The molecule has 1 fully saturated rings. The fourth-order valence-corrected chi connectivity index (χ4v) is 2.75. The van der Waals surface area contributed by atoms with Gasteiger partial charge in [-0.1, -0.05) is 17.7 Å². The zero-order chi connectivity index (χ0) is 13.8. The van der Waals surface area contributed by atoms with Gasteiger partial charge in [-0.25, -0.2) is 4.39 Å². The fraction of sp³-hybridized carbons (Fsp3) is 0.500. The summed E-state index contributed by atoms with van der Waals surface area (Å²) in [6.07, 6.45) is 1.87. The molecule has 1 unspecified atom stereocenters. The molecule has 2 rings (SSSR count). The van der Waals surface area contributed by atoms with E-state index in [-0.39, 0.29) is 12.2 Å². The zero-order valence-electron chi connectivity index (χ0n) is 10.6. The topological polar surface area (TPSA) is 40.5 Å². The van der Waals surface area contributed by atoms with Gasteiger partial charge in [0.15, 0.2) is 0 Å². The van der Waals surface area contributed by atoms with Crippen LogP contribution >= 0.6 is 11.6 Å². The molecule has 0 saturated carbocycles. The minimum Gasteiger partial charge on any atom is -0.481 e. The van der Waals surface area contributed by atoms with Crippen LogP contribution in [0.25, 0.3) is 0 Å². The lowest BCUT2D eigenvalue weighted by Crippen LogP contribution is -2.21. The lowest BCUT2D eigenvalue weighted by molar-refractivity contribution is -0.137. The number of rotatable bonds is 5. The Morgan fingerprint density at radius 1 is 1.53 bits per heavy atom. The van der Waals surface area contributed by atoms with Crippen molar-refractivity contribution in [1.82, 2.24) is 4.90 Å². The number of aliphatic carboxylic acids is 1. The number of likely N-dealkylation sites (tertiary alicyclic amines) is 1. The summed E-state index contributed by atoms with van der Waals surface area (Å²) in [6, 6.07) is 4.71. The van der Waals surface area contributed by atoms with Crippen LogP contribution in [0.1, 0.15) is 24.8 Å². The summed E-state index contributed by atoms with van der Waals surface area (Å²) in [7, 11) is 0. The maximum Gasteiger partial charge on any atom is 0.303 e. The van der Waals surface area contributed by atoms with Gasteiger partial charge in [-0.2, -0.15) is 0 Å². The third-order valence-corrected chi connectivity index (χ3v) is 3.93. The van der Waals surface area contributed by atoms with Gasteiger partial charge in [0.1, 0.15) is 5.82 Å². The molecule has 0 aliphatic carbocycles. The normalized spacial score (nSPS) is 19.8. The summed E-state index contributed by atoms with van der Waals surface area (Å²) in [5, 5.41) is 9.12. The highest BCUT2D eigenvalue weighted by Gasteiger charge is 2.24. The van der Waals surface area contributed by atoms with Gasteiger partial charge in [0.05, 0.1) is 0 Å². The van der Waals surface area contributed by atoms with Crippen LogP contribution in [0.3, 0.4) is 0 Å². The molecular formula is C14H17ClFNO2. The molecule has 0 amide bonds. The minimum absolute atomic E-state index is 0.207. The number of hydrogen-bond acceptors (Lipinski definition) is 2. The zero-order valence-corrected chi connectivity index (χ0v) is 11.4. The summed E-state index contributed by atoms with van der Waals surface area (Å²) >= 11 is 6.00. The van der Waals surface area contributed by atoms with Crippen LogP contribution in [0.4, 0.5) is 4.39 Å². The molecule has 104 valence electrons. The molecule has 0 bridgehead atoms. The monoisotopic (exact) mass is 285 g/mol. The minimum atomic E-state index is -0.754. The number of carboxylic acid groups (broad SMARTS) is 1. The van der Waals surface area contributed by atoms with Gasteiger partial charge in [0, 0.05) is 30.1 Å². The first-order valence-corrected chi connectivity index (χ1v) is 6.81. The Kier molecular flexibility index (Phi) is 4.77. The maximum atomic E-state index is 13.7. The van der Waals surface area contributed by atoms with Crippen molar-refractivity contribution in [2.75, 3.05) is 13.1 Å². The van der Waals surface area contributed by atoms with E-state index < -0.39 is 5.97 Å². The van der Waals surface area contributed by atoms with E-state index in [0.717, 1.165) is 19.5 Å². The molecular weight excluding hydrogens is 269 g/mol. The Balaban J connectivity index is 1.90. The first kappa shape index (κ1) is 14.3. The van der Waals surface area contributed by atoms with Crippen LogP contribution in [0, 0.1) is 11.7 Å². The highest BCUT2D eigenvalue weighted by Crippen LogP contribution is 2.26. The quantitative estimate of drug-likeness (QED) is 0.903. The molecule has 0 radical (unpaired) electrons. The molecule has 3 nitrogen and oxygen atoms in total. The van der Waals surface area contributed by atoms with Crippen molar-refractivity contribution in [1.29, 1.82) is 0 Å². The number of nitrogens with zero attached hydrogens (tertiary/aromatic N) is 1. The lowest BCUT2D eigenvalue weighted by atomic mass is 10.0. The Bertz CT molecular complexity index is 447. The van der Waals surface area contributed by atoms with Gasteiger partial charge >= 0.3 is 5.97 Å². The molecule has 1 heterocycles. The molecule has 1 atom stereocenters. The third kappa shape index (κ3) is 3.91. The highest BCUT2D eigenvalue weighted by molar-refractivity contribution is 6.31. The van der Waals surface area contributed by atoms with E-state index in [1.807, 2.05) is 0 Å². The van der Waals surface area contributed by atoms with Crippen LogP contribution in [0.5, 0.6) is 0 Å². The number of halogens is 2. The van der Waals surface area contributed by atoms with E-state index in [0.29, 0.717) is 29.5 Å². The molecule has 1 N–H and O–H groups in total. The van der Waals surface area contributed by atoms with Crippen molar-refractivity contribution in [3.05, 3.63) is 34.6 Å². The van der Waals surface area contributed by atoms with Crippen molar-refractivity contribution >= 4 is 17.6 Å². The van der Waals surface area contributed by atoms with Crippen LogP contribution in [0.2, 0.25) is 5.02 Å². The standard InChI is InChI=1S/C14H17ClFNO2/c15-12-2-1-3-13(16)11(12)9-17-7-6-10(8-17)4-5-14(18)19/h1-3,10H,4-9H2,(H,18,19). The average Bonchev–Trinajstić information content (AvgIpc) is 2.79. The molecule has 1 aromatic rings. The predicted molar refractivity (Wildman–Crippen MR) is 71.7 cm³/mol.